The van der Waals surface area contributed by atoms with Crippen LogP contribution in [0.2, 0.25) is 5.02 Å². The molecule has 4 nitrogen and oxygen atoms in total. The van der Waals surface area contributed by atoms with Gasteiger partial charge in [0.1, 0.15) is 11.5 Å². The van der Waals surface area contributed by atoms with E-state index >= 15 is 0 Å². The van der Waals surface area contributed by atoms with E-state index in [0.717, 1.165) is 26.1 Å². The smallest absolute Gasteiger partial charge is 0.270 e. The molecule has 0 spiro atoms. The van der Waals surface area contributed by atoms with Gasteiger partial charge in [-0.15, -0.1) is 11.3 Å². The number of amides is 1. The van der Waals surface area contributed by atoms with E-state index in [1.165, 1.54) is 12.1 Å². The molecule has 168 valence electrons. The van der Waals surface area contributed by atoms with Crippen molar-refractivity contribution < 1.29 is 14.0 Å². The first-order chi connectivity index (χ1) is 15.8. The van der Waals surface area contributed by atoms with E-state index in [1.807, 2.05) is 24.3 Å². The van der Waals surface area contributed by atoms with Crippen molar-refractivity contribution in [1.82, 2.24) is 10.3 Å². The molecule has 0 atom stereocenters. The highest BCUT2D eigenvalue weighted by Crippen LogP contribution is 2.35. The van der Waals surface area contributed by atoms with Crippen molar-refractivity contribution >= 4 is 44.7 Å². The highest BCUT2D eigenvalue weighted by atomic mass is 35.5. The van der Waals surface area contributed by atoms with Gasteiger partial charge in [0.2, 0.25) is 0 Å². The lowest BCUT2D eigenvalue weighted by Gasteiger charge is -2.08. The number of aromatic nitrogens is 1. The van der Waals surface area contributed by atoms with Gasteiger partial charge in [0.15, 0.2) is 5.78 Å². The quantitative estimate of drug-likeness (QED) is 0.337. The lowest BCUT2D eigenvalue weighted by atomic mass is 10.1. The fourth-order valence-electron chi connectivity index (χ4n) is 3.49. The van der Waals surface area contributed by atoms with E-state index < -0.39 is 0 Å². The average molecular weight is 481 g/mol. The van der Waals surface area contributed by atoms with E-state index in [4.69, 9.17) is 11.6 Å². The number of pyridine rings is 1. The van der Waals surface area contributed by atoms with Gasteiger partial charge in [-0.05, 0) is 47.3 Å². The highest BCUT2D eigenvalue weighted by molar-refractivity contribution is 7.19. The third-order valence-corrected chi connectivity index (χ3v) is 6.62. The Bertz CT molecular complexity index is 1330. The fourth-order valence-corrected chi connectivity index (χ4v) is 4.95. The molecule has 7 heteroatoms. The summed E-state index contributed by atoms with van der Waals surface area (Å²) in [5.74, 6) is -0.907. The van der Waals surface area contributed by atoms with Gasteiger partial charge >= 0.3 is 0 Å². The minimum Gasteiger partial charge on any atom is -0.344 e. The van der Waals surface area contributed by atoms with Crippen molar-refractivity contribution in [3.8, 4) is 11.3 Å². The first-order valence-electron chi connectivity index (χ1n) is 10.5. The Kier molecular flexibility index (Phi) is 6.86. The standard InChI is InChI=1S/C26H22ClFN2O2S/c1-15(2)24(31)14-29-26(32)23-8-4-7-22(30-23)21-6-3-5-17-12-20(33-25(17)21)11-16-9-18(27)13-19(28)10-16/h3-10,12-13,15H,11,14H2,1-2H3,(H,29,32). The molecule has 0 saturated heterocycles. The summed E-state index contributed by atoms with van der Waals surface area (Å²) in [5, 5.41) is 4.07. The van der Waals surface area contributed by atoms with Crippen molar-refractivity contribution in [3.05, 3.63) is 87.6 Å². The number of Topliss-reactive ketones (excluding diaryl/α,β-unsaturated/α-hetero) is 1. The molecule has 0 aliphatic carbocycles. The van der Waals surface area contributed by atoms with Gasteiger partial charge in [-0.3, -0.25) is 9.59 Å². The predicted octanol–water partition coefficient (Wildman–Crippen LogP) is 6.30. The minimum absolute atomic E-state index is 0.0175. The van der Waals surface area contributed by atoms with Gasteiger partial charge in [-0.2, -0.15) is 0 Å². The number of nitrogens with one attached hydrogen (secondary N) is 1. The average Bonchev–Trinajstić information content (AvgIpc) is 3.18. The largest absolute Gasteiger partial charge is 0.344 e. The molecule has 0 aliphatic heterocycles. The highest BCUT2D eigenvalue weighted by Gasteiger charge is 2.15. The molecule has 2 aromatic heterocycles. The topological polar surface area (TPSA) is 59.1 Å². The zero-order valence-electron chi connectivity index (χ0n) is 18.2. The van der Waals surface area contributed by atoms with Crippen molar-refractivity contribution in [1.29, 1.82) is 0 Å². The Balaban J connectivity index is 1.61. The lowest BCUT2D eigenvalue weighted by Crippen LogP contribution is -2.32. The minimum atomic E-state index is -0.382. The van der Waals surface area contributed by atoms with Crippen LogP contribution >= 0.6 is 22.9 Å². The number of halogens is 2. The van der Waals surface area contributed by atoms with Gasteiger partial charge in [-0.25, -0.2) is 9.37 Å². The van der Waals surface area contributed by atoms with Gasteiger partial charge in [0, 0.05) is 32.5 Å². The molecular weight excluding hydrogens is 459 g/mol. The molecule has 0 aliphatic rings. The lowest BCUT2D eigenvalue weighted by molar-refractivity contribution is -0.120. The monoisotopic (exact) mass is 480 g/mol. The van der Waals surface area contributed by atoms with Crippen LogP contribution in [0.25, 0.3) is 21.3 Å². The third-order valence-electron chi connectivity index (χ3n) is 5.22. The predicted molar refractivity (Wildman–Crippen MR) is 131 cm³/mol. The summed E-state index contributed by atoms with van der Waals surface area (Å²) in [6.07, 6.45) is 0.565. The number of fused-ring (bicyclic) bond motifs is 1. The molecule has 0 radical (unpaired) electrons. The van der Waals surface area contributed by atoms with Gasteiger partial charge in [0.05, 0.1) is 12.2 Å². The normalized spacial score (nSPS) is 11.2. The Morgan fingerprint density at radius 3 is 2.64 bits per heavy atom. The Morgan fingerprint density at radius 2 is 1.88 bits per heavy atom. The summed E-state index contributed by atoms with van der Waals surface area (Å²) in [5.41, 5.74) is 2.65. The maximum atomic E-state index is 13.7. The Morgan fingerprint density at radius 1 is 1.09 bits per heavy atom. The van der Waals surface area contributed by atoms with Crippen LogP contribution in [0, 0.1) is 11.7 Å². The van der Waals surface area contributed by atoms with Crippen LogP contribution in [0.1, 0.15) is 34.8 Å². The van der Waals surface area contributed by atoms with E-state index in [2.05, 4.69) is 16.4 Å². The number of ketones is 1. The number of carbonyl (C=O) groups excluding carboxylic acids is 2. The van der Waals surface area contributed by atoms with E-state index in [9.17, 15) is 14.0 Å². The summed E-state index contributed by atoms with van der Waals surface area (Å²) in [4.78, 5) is 30.0. The second kappa shape index (κ2) is 9.81. The van der Waals surface area contributed by atoms with Crippen LogP contribution in [-0.4, -0.2) is 23.2 Å². The van der Waals surface area contributed by atoms with Crippen molar-refractivity contribution in [2.24, 2.45) is 5.92 Å². The van der Waals surface area contributed by atoms with E-state index in [-0.39, 0.29) is 35.7 Å². The van der Waals surface area contributed by atoms with Crippen molar-refractivity contribution in [2.75, 3.05) is 6.54 Å². The first-order valence-corrected chi connectivity index (χ1v) is 11.7. The molecule has 4 aromatic rings. The van der Waals surface area contributed by atoms with Crippen LogP contribution in [0.5, 0.6) is 0 Å². The van der Waals surface area contributed by atoms with Gasteiger partial charge < -0.3 is 5.32 Å². The van der Waals surface area contributed by atoms with Crippen molar-refractivity contribution in [3.63, 3.8) is 0 Å². The molecule has 1 N–H and O–H groups in total. The van der Waals surface area contributed by atoms with Crippen molar-refractivity contribution in [2.45, 2.75) is 20.3 Å². The molecule has 4 rings (SSSR count). The van der Waals surface area contributed by atoms with E-state index in [1.54, 1.807) is 43.4 Å². The number of hydrogen-bond donors (Lipinski definition) is 1. The molecule has 1 amide bonds. The van der Waals surface area contributed by atoms with Gasteiger partial charge in [-0.1, -0.05) is 49.7 Å². The molecule has 0 saturated carbocycles. The Hall–Kier alpha value is -3.09. The van der Waals surface area contributed by atoms with Gasteiger partial charge in [0.25, 0.3) is 5.91 Å². The molecule has 0 unspecified atom stereocenters. The molecule has 33 heavy (non-hydrogen) atoms. The van der Waals surface area contributed by atoms with Crippen LogP contribution in [0.15, 0.2) is 60.7 Å². The maximum absolute atomic E-state index is 13.7. The summed E-state index contributed by atoms with van der Waals surface area (Å²) in [7, 11) is 0. The van der Waals surface area contributed by atoms with E-state index in [0.29, 0.717) is 17.1 Å². The number of benzene rings is 2. The number of rotatable bonds is 7. The second-order valence-electron chi connectivity index (χ2n) is 8.10. The summed E-state index contributed by atoms with van der Waals surface area (Å²) >= 11 is 7.61. The molecule has 0 fully saturated rings. The molecule has 0 bridgehead atoms. The zero-order valence-corrected chi connectivity index (χ0v) is 19.8. The zero-order chi connectivity index (χ0) is 23.5. The SMILES string of the molecule is CC(C)C(=O)CNC(=O)c1cccc(-c2cccc3cc(Cc4cc(F)cc(Cl)c4)sc23)n1. The summed E-state index contributed by atoms with van der Waals surface area (Å²) in [6, 6.07) is 17.8. The van der Waals surface area contributed by atoms with Crippen LogP contribution < -0.4 is 5.32 Å². The Labute approximate surface area is 200 Å². The van der Waals surface area contributed by atoms with Crippen LogP contribution in [-0.2, 0) is 11.2 Å². The number of nitrogens with zero attached hydrogens (tertiary/aromatic N) is 1. The van der Waals surface area contributed by atoms with Crippen LogP contribution in [0.4, 0.5) is 4.39 Å². The van der Waals surface area contributed by atoms with Crippen LogP contribution in [0.3, 0.4) is 0 Å². The third kappa shape index (κ3) is 5.46. The number of hydrogen-bond acceptors (Lipinski definition) is 4. The number of carbonyl (C=O) groups is 2. The number of thiophene rings is 1. The second-order valence-corrected chi connectivity index (χ2v) is 9.68. The molecule has 2 aromatic carbocycles. The first kappa shape index (κ1) is 23.1. The molecule has 2 heterocycles. The summed E-state index contributed by atoms with van der Waals surface area (Å²) < 4.78 is 14.8. The fraction of sp³-hybridized carbons (Fsp3) is 0.192. The maximum Gasteiger partial charge on any atom is 0.270 e. The molecular formula is C26H22ClFN2O2S. The summed E-state index contributed by atoms with van der Waals surface area (Å²) in [6.45, 7) is 3.58.